The summed E-state index contributed by atoms with van der Waals surface area (Å²) in [5.41, 5.74) is 1.55. The van der Waals surface area contributed by atoms with Gasteiger partial charge in [0, 0.05) is 18.9 Å². The lowest BCUT2D eigenvalue weighted by Gasteiger charge is -2.11. The molecule has 0 radical (unpaired) electrons. The van der Waals surface area contributed by atoms with Gasteiger partial charge in [0.25, 0.3) is 11.7 Å². The average molecular weight is 373 g/mol. The number of amides is 1. The number of rotatable bonds is 7. The third-order valence-corrected chi connectivity index (χ3v) is 4.22. The van der Waals surface area contributed by atoms with Gasteiger partial charge in [0.1, 0.15) is 17.8 Å². The lowest BCUT2D eigenvalue weighted by Crippen LogP contribution is -2.25. The van der Waals surface area contributed by atoms with E-state index in [1.54, 1.807) is 22.8 Å². The van der Waals surface area contributed by atoms with Gasteiger partial charge in [0.2, 0.25) is 0 Å². The number of carbonyl (C=O) groups is 1. The summed E-state index contributed by atoms with van der Waals surface area (Å²) < 4.78 is 7.50. The number of hydrogen-bond donors (Lipinski definition) is 1. The topological polar surface area (TPSA) is 81.4 Å². The summed E-state index contributed by atoms with van der Waals surface area (Å²) in [4.78, 5) is 20.8. The van der Waals surface area contributed by atoms with E-state index in [-0.39, 0.29) is 5.91 Å². The summed E-state index contributed by atoms with van der Waals surface area (Å²) >= 11 is 0. The predicted octanol–water partition coefficient (Wildman–Crippen LogP) is 3.28. The first kappa shape index (κ1) is 17.7. The minimum Gasteiger partial charge on any atom is -0.457 e. The van der Waals surface area contributed by atoms with Crippen LogP contribution in [0.25, 0.3) is 5.78 Å². The third kappa shape index (κ3) is 4.15. The van der Waals surface area contributed by atoms with E-state index in [1.807, 2.05) is 48.7 Å². The Labute approximate surface area is 162 Å². The fourth-order valence-electron chi connectivity index (χ4n) is 2.84. The molecule has 2 aromatic heterocycles. The van der Waals surface area contributed by atoms with Crippen LogP contribution in [0.15, 0.2) is 73.3 Å². The zero-order chi connectivity index (χ0) is 19.2. The molecule has 7 nitrogen and oxygen atoms in total. The van der Waals surface area contributed by atoms with Crippen molar-refractivity contribution in [2.24, 2.45) is 0 Å². The maximum atomic E-state index is 12.6. The summed E-state index contributed by atoms with van der Waals surface area (Å²) in [7, 11) is 0. The number of benzene rings is 2. The van der Waals surface area contributed by atoms with Gasteiger partial charge < -0.3 is 10.1 Å². The summed E-state index contributed by atoms with van der Waals surface area (Å²) in [5.74, 6) is 1.65. The van der Waals surface area contributed by atoms with E-state index in [1.165, 1.54) is 6.33 Å². The van der Waals surface area contributed by atoms with Crippen LogP contribution in [0.1, 0.15) is 22.3 Å². The van der Waals surface area contributed by atoms with Crippen LogP contribution in [0.3, 0.4) is 0 Å². The standard InChI is InChI=1S/C21H19N5O2/c27-20(18-10-4-5-11-19(18)28-17-8-2-1-3-9-17)22-12-6-7-16-13-23-21-24-15-25-26(21)14-16/h1-5,8-11,13-15H,6-7,12H2,(H,22,27). The van der Waals surface area contributed by atoms with Crippen LogP contribution in [0.4, 0.5) is 0 Å². The summed E-state index contributed by atoms with van der Waals surface area (Å²) in [6.07, 6.45) is 6.73. The van der Waals surface area contributed by atoms with Crippen molar-refractivity contribution in [3.63, 3.8) is 0 Å². The molecule has 2 heterocycles. The highest BCUT2D eigenvalue weighted by molar-refractivity contribution is 5.97. The minimum atomic E-state index is -0.156. The first-order valence-corrected chi connectivity index (χ1v) is 9.04. The van der Waals surface area contributed by atoms with Gasteiger partial charge >= 0.3 is 0 Å². The fraction of sp³-hybridized carbons (Fsp3) is 0.143. The van der Waals surface area contributed by atoms with Gasteiger partial charge in [-0.05, 0) is 42.7 Å². The molecule has 0 saturated heterocycles. The molecular weight excluding hydrogens is 354 g/mol. The van der Waals surface area contributed by atoms with Crippen LogP contribution >= 0.6 is 0 Å². The molecule has 1 N–H and O–H groups in total. The molecule has 0 aliphatic heterocycles. The van der Waals surface area contributed by atoms with Crippen molar-refractivity contribution in [3.8, 4) is 11.5 Å². The number of para-hydroxylation sites is 2. The number of aryl methyl sites for hydroxylation is 1. The first-order chi connectivity index (χ1) is 13.8. The Morgan fingerprint density at radius 1 is 1.04 bits per heavy atom. The molecule has 4 rings (SSSR count). The molecule has 140 valence electrons. The van der Waals surface area contributed by atoms with Gasteiger partial charge in [-0.1, -0.05) is 30.3 Å². The van der Waals surface area contributed by atoms with E-state index in [0.717, 1.165) is 18.4 Å². The number of nitrogens with one attached hydrogen (secondary N) is 1. The monoisotopic (exact) mass is 373 g/mol. The van der Waals surface area contributed by atoms with Crippen LogP contribution in [0.5, 0.6) is 11.5 Å². The van der Waals surface area contributed by atoms with Crippen LogP contribution in [-0.4, -0.2) is 32.0 Å². The molecule has 0 saturated carbocycles. The van der Waals surface area contributed by atoms with E-state index in [2.05, 4.69) is 20.4 Å². The second kappa shape index (κ2) is 8.30. The Morgan fingerprint density at radius 2 is 1.86 bits per heavy atom. The Morgan fingerprint density at radius 3 is 2.75 bits per heavy atom. The second-order valence-corrected chi connectivity index (χ2v) is 6.24. The van der Waals surface area contributed by atoms with E-state index in [9.17, 15) is 4.79 Å². The third-order valence-electron chi connectivity index (χ3n) is 4.22. The number of nitrogens with zero attached hydrogens (tertiary/aromatic N) is 4. The normalized spacial score (nSPS) is 10.7. The molecule has 28 heavy (non-hydrogen) atoms. The van der Waals surface area contributed by atoms with Crippen molar-refractivity contribution >= 4 is 11.7 Å². The van der Waals surface area contributed by atoms with Crippen molar-refractivity contribution in [2.45, 2.75) is 12.8 Å². The number of ether oxygens (including phenoxy) is 1. The van der Waals surface area contributed by atoms with Crippen LogP contribution in [0, 0.1) is 0 Å². The van der Waals surface area contributed by atoms with Gasteiger partial charge in [0.15, 0.2) is 0 Å². The predicted molar refractivity (Wildman–Crippen MR) is 104 cm³/mol. The molecule has 0 spiro atoms. The second-order valence-electron chi connectivity index (χ2n) is 6.24. The van der Waals surface area contributed by atoms with Crippen molar-refractivity contribution in [2.75, 3.05) is 6.54 Å². The van der Waals surface area contributed by atoms with Crippen LogP contribution < -0.4 is 10.1 Å². The maximum absolute atomic E-state index is 12.6. The molecule has 4 aromatic rings. The summed E-state index contributed by atoms with van der Waals surface area (Å²) in [5, 5.41) is 7.03. The van der Waals surface area contributed by atoms with E-state index < -0.39 is 0 Å². The van der Waals surface area contributed by atoms with Gasteiger partial charge in [-0.3, -0.25) is 4.79 Å². The van der Waals surface area contributed by atoms with Crippen LogP contribution in [0.2, 0.25) is 0 Å². The smallest absolute Gasteiger partial charge is 0.255 e. The average Bonchev–Trinajstić information content (AvgIpc) is 3.20. The lowest BCUT2D eigenvalue weighted by molar-refractivity contribution is 0.0951. The van der Waals surface area contributed by atoms with Crippen molar-refractivity contribution in [1.29, 1.82) is 0 Å². The lowest BCUT2D eigenvalue weighted by atomic mass is 10.1. The number of fused-ring (bicyclic) bond motifs is 1. The quantitative estimate of drug-likeness (QED) is 0.503. The minimum absolute atomic E-state index is 0.156. The Bertz CT molecular complexity index is 1080. The Balaban J connectivity index is 1.33. The zero-order valence-electron chi connectivity index (χ0n) is 15.2. The van der Waals surface area contributed by atoms with Gasteiger partial charge in [-0.15, -0.1) is 0 Å². The molecule has 1 amide bonds. The molecule has 2 aromatic carbocycles. The Hall–Kier alpha value is -3.74. The van der Waals surface area contributed by atoms with Gasteiger partial charge in [-0.2, -0.15) is 10.1 Å². The van der Waals surface area contributed by atoms with Gasteiger partial charge in [0.05, 0.1) is 5.56 Å². The molecule has 0 unspecified atom stereocenters. The molecule has 0 aliphatic rings. The van der Waals surface area contributed by atoms with Crippen molar-refractivity contribution in [3.05, 3.63) is 84.4 Å². The van der Waals surface area contributed by atoms with E-state index >= 15 is 0 Å². The van der Waals surface area contributed by atoms with Crippen LogP contribution in [-0.2, 0) is 6.42 Å². The molecule has 0 aliphatic carbocycles. The maximum Gasteiger partial charge on any atom is 0.255 e. The first-order valence-electron chi connectivity index (χ1n) is 9.04. The van der Waals surface area contributed by atoms with Crippen molar-refractivity contribution < 1.29 is 9.53 Å². The summed E-state index contributed by atoms with van der Waals surface area (Å²) in [6.45, 7) is 0.550. The zero-order valence-corrected chi connectivity index (χ0v) is 15.2. The molecule has 0 fully saturated rings. The SMILES string of the molecule is O=C(NCCCc1cnc2ncnn2c1)c1ccccc1Oc1ccccc1. The fourth-order valence-corrected chi connectivity index (χ4v) is 2.84. The number of hydrogen-bond acceptors (Lipinski definition) is 5. The molecular formula is C21H19N5O2. The molecule has 0 bridgehead atoms. The molecule has 7 heteroatoms. The molecule has 0 atom stereocenters. The van der Waals surface area contributed by atoms with E-state index in [0.29, 0.717) is 29.4 Å². The highest BCUT2D eigenvalue weighted by atomic mass is 16.5. The number of aromatic nitrogens is 4. The van der Waals surface area contributed by atoms with Crippen molar-refractivity contribution in [1.82, 2.24) is 24.9 Å². The summed E-state index contributed by atoms with van der Waals surface area (Å²) in [6, 6.07) is 16.6. The van der Waals surface area contributed by atoms with E-state index in [4.69, 9.17) is 4.74 Å². The number of carbonyl (C=O) groups excluding carboxylic acids is 1. The Kier molecular flexibility index (Phi) is 5.24. The highest BCUT2D eigenvalue weighted by Gasteiger charge is 2.12. The van der Waals surface area contributed by atoms with Gasteiger partial charge in [-0.25, -0.2) is 9.50 Å². The largest absolute Gasteiger partial charge is 0.457 e. The highest BCUT2D eigenvalue weighted by Crippen LogP contribution is 2.24.